The minimum absolute atomic E-state index is 0.107. The first kappa shape index (κ1) is 9.15. The number of rotatable bonds is 3. The van der Waals surface area contributed by atoms with E-state index in [0.717, 1.165) is 0 Å². The Labute approximate surface area is 63.2 Å². The molecule has 0 aliphatic carbocycles. The quantitative estimate of drug-likeness (QED) is 0.419. The first-order valence-corrected chi connectivity index (χ1v) is 3.40. The molecule has 0 N–H and O–H groups in total. The van der Waals surface area contributed by atoms with E-state index in [1.165, 1.54) is 0 Å². The molecule has 0 aliphatic heterocycles. The highest BCUT2D eigenvalue weighted by molar-refractivity contribution is 5.26. The van der Waals surface area contributed by atoms with Crippen molar-refractivity contribution < 1.29 is 0 Å². The Morgan fingerprint density at radius 3 is 2.30 bits per heavy atom. The molecule has 0 radical (unpaired) electrons. The zero-order chi connectivity index (χ0) is 8.04. The summed E-state index contributed by atoms with van der Waals surface area (Å²) in [4.78, 5) is 3.64. The lowest BCUT2D eigenvalue weighted by Crippen LogP contribution is -2.00. The lowest BCUT2D eigenvalue weighted by atomic mass is 9.93. The standard InChI is InChI=1S/C9H15N/c1-5-6-9(2,3)7-8-10-4/h5-8H,4H2,1-3H3/b6-5-,8-7-. The van der Waals surface area contributed by atoms with Crippen LogP contribution in [-0.4, -0.2) is 6.72 Å². The largest absolute Gasteiger partial charge is 0.273 e. The van der Waals surface area contributed by atoms with Crippen LogP contribution in [0.2, 0.25) is 0 Å². The summed E-state index contributed by atoms with van der Waals surface area (Å²) in [6.45, 7) is 9.61. The predicted molar refractivity (Wildman–Crippen MR) is 47.3 cm³/mol. The van der Waals surface area contributed by atoms with Gasteiger partial charge in [0.15, 0.2) is 0 Å². The van der Waals surface area contributed by atoms with E-state index in [2.05, 4.69) is 31.6 Å². The van der Waals surface area contributed by atoms with Crippen molar-refractivity contribution in [3.63, 3.8) is 0 Å². The molecule has 0 aromatic rings. The third-order valence-corrected chi connectivity index (χ3v) is 1.21. The van der Waals surface area contributed by atoms with Crippen LogP contribution in [0.5, 0.6) is 0 Å². The van der Waals surface area contributed by atoms with Gasteiger partial charge in [0.1, 0.15) is 0 Å². The van der Waals surface area contributed by atoms with Gasteiger partial charge < -0.3 is 0 Å². The van der Waals surface area contributed by atoms with Gasteiger partial charge in [0.25, 0.3) is 0 Å². The summed E-state index contributed by atoms with van der Waals surface area (Å²) in [6, 6.07) is 0. The molecule has 0 heterocycles. The van der Waals surface area contributed by atoms with Crippen LogP contribution in [0.25, 0.3) is 0 Å². The normalized spacial score (nSPS) is 13.1. The lowest BCUT2D eigenvalue weighted by Gasteiger charge is -2.12. The minimum Gasteiger partial charge on any atom is -0.273 e. The van der Waals surface area contributed by atoms with Crippen molar-refractivity contribution in [3.8, 4) is 0 Å². The average Bonchev–Trinajstić information content (AvgIpc) is 1.84. The third kappa shape index (κ3) is 4.07. The molecule has 0 saturated heterocycles. The molecule has 0 amide bonds. The maximum absolute atomic E-state index is 3.64. The van der Waals surface area contributed by atoms with Crippen LogP contribution >= 0.6 is 0 Å². The highest BCUT2D eigenvalue weighted by atomic mass is 14.6. The summed E-state index contributed by atoms with van der Waals surface area (Å²) < 4.78 is 0. The molecule has 0 aromatic heterocycles. The SMILES string of the molecule is C=N/C=C\C(C)(C)/C=C\C. The van der Waals surface area contributed by atoms with Gasteiger partial charge in [-0.2, -0.15) is 0 Å². The molecule has 0 fully saturated rings. The van der Waals surface area contributed by atoms with E-state index in [9.17, 15) is 0 Å². The lowest BCUT2D eigenvalue weighted by molar-refractivity contribution is 0.624. The van der Waals surface area contributed by atoms with E-state index < -0.39 is 0 Å². The maximum atomic E-state index is 3.64. The van der Waals surface area contributed by atoms with Crippen molar-refractivity contribution in [2.45, 2.75) is 20.8 Å². The van der Waals surface area contributed by atoms with Crippen molar-refractivity contribution in [1.82, 2.24) is 0 Å². The Kier molecular flexibility index (Phi) is 3.70. The van der Waals surface area contributed by atoms with Gasteiger partial charge in [-0.05, 0) is 13.6 Å². The second-order valence-corrected chi connectivity index (χ2v) is 2.82. The molecule has 1 heteroatoms. The van der Waals surface area contributed by atoms with Crippen molar-refractivity contribution in [1.29, 1.82) is 0 Å². The van der Waals surface area contributed by atoms with Gasteiger partial charge in [0.05, 0.1) is 0 Å². The minimum atomic E-state index is 0.107. The summed E-state index contributed by atoms with van der Waals surface area (Å²) in [5.74, 6) is 0. The second kappa shape index (κ2) is 4.04. The Balaban J connectivity index is 4.10. The average molecular weight is 137 g/mol. The van der Waals surface area contributed by atoms with Gasteiger partial charge >= 0.3 is 0 Å². The number of hydrogen-bond acceptors (Lipinski definition) is 1. The van der Waals surface area contributed by atoms with Crippen LogP contribution in [0.1, 0.15) is 20.8 Å². The Hall–Kier alpha value is -0.850. The molecule has 0 saturated carbocycles. The molecule has 0 bridgehead atoms. The maximum Gasteiger partial charge on any atom is 0.0229 e. The van der Waals surface area contributed by atoms with E-state index in [1.807, 2.05) is 19.1 Å². The molecule has 0 spiro atoms. The van der Waals surface area contributed by atoms with E-state index in [0.29, 0.717) is 0 Å². The van der Waals surface area contributed by atoms with Crippen LogP contribution in [-0.2, 0) is 0 Å². The van der Waals surface area contributed by atoms with E-state index in [4.69, 9.17) is 0 Å². The van der Waals surface area contributed by atoms with E-state index >= 15 is 0 Å². The van der Waals surface area contributed by atoms with Gasteiger partial charge in [-0.1, -0.05) is 32.1 Å². The van der Waals surface area contributed by atoms with Crippen molar-refractivity contribution >= 4 is 6.72 Å². The number of nitrogens with zero attached hydrogens (tertiary/aromatic N) is 1. The summed E-state index contributed by atoms with van der Waals surface area (Å²) >= 11 is 0. The molecule has 10 heavy (non-hydrogen) atoms. The van der Waals surface area contributed by atoms with Gasteiger partial charge in [-0.25, -0.2) is 0 Å². The smallest absolute Gasteiger partial charge is 0.0229 e. The summed E-state index contributed by atoms with van der Waals surface area (Å²) in [6.07, 6.45) is 7.89. The monoisotopic (exact) mass is 137 g/mol. The first-order valence-electron chi connectivity index (χ1n) is 3.40. The van der Waals surface area contributed by atoms with Crippen LogP contribution in [0, 0.1) is 5.41 Å². The number of aliphatic imine (C=N–C) groups is 1. The Morgan fingerprint density at radius 1 is 1.30 bits per heavy atom. The molecule has 0 unspecified atom stereocenters. The zero-order valence-corrected chi connectivity index (χ0v) is 6.96. The molecular formula is C9H15N. The zero-order valence-electron chi connectivity index (χ0n) is 6.96. The topological polar surface area (TPSA) is 12.4 Å². The molecule has 0 rings (SSSR count). The molecule has 0 aliphatic rings. The second-order valence-electron chi connectivity index (χ2n) is 2.82. The van der Waals surface area contributed by atoms with Gasteiger partial charge in [-0.3, -0.25) is 4.99 Å². The summed E-state index contributed by atoms with van der Waals surface area (Å²) in [5.41, 5.74) is 0.107. The Morgan fingerprint density at radius 2 is 1.90 bits per heavy atom. The van der Waals surface area contributed by atoms with E-state index in [1.54, 1.807) is 6.20 Å². The van der Waals surface area contributed by atoms with Crippen molar-refractivity contribution in [2.24, 2.45) is 10.4 Å². The van der Waals surface area contributed by atoms with Crippen LogP contribution in [0.4, 0.5) is 0 Å². The summed E-state index contributed by atoms with van der Waals surface area (Å²) in [7, 11) is 0. The van der Waals surface area contributed by atoms with Gasteiger partial charge in [0.2, 0.25) is 0 Å². The van der Waals surface area contributed by atoms with Crippen LogP contribution < -0.4 is 0 Å². The first-order chi connectivity index (χ1) is 4.62. The van der Waals surface area contributed by atoms with Gasteiger partial charge in [-0.15, -0.1) is 0 Å². The van der Waals surface area contributed by atoms with Crippen molar-refractivity contribution in [2.75, 3.05) is 0 Å². The molecule has 0 aromatic carbocycles. The van der Waals surface area contributed by atoms with Gasteiger partial charge in [0, 0.05) is 11.6 Å². The molecule has 1 nitrogen and oxygen atoms in total. The highest BCUT2D eigenvalue weighted by Gasteiger charge is 2.06. The van der Waals surface area contributed by atoms with E-state index in [-0.39, 0.29) is 5.41 Å². The molecule has 0 atom stereocenters. The molecular weight excluding hydrogens is 122 g/mol. The number of allylic oxidation sites excluding steroid dienone is 3. The third-order valence-electron chi connectivity index (χ3n) is 1.21. The fraction of sp³-hybridized carbons (Fsp3) is 0.444. The predicted octanol–water partition coefficient (Wildman–Crippen LogP) is 2.80. The van der Waals surface area contributed by atoms with Crippen LogP contribution in [0.3, 0.4) is 0 Å². The number of hydrogen-bond donors (Lipinski definition) is 0. The highest BCUT2D eigenvalue weighted by Crippen LogP contribution is 2.18. The fourth-order valence-electron chi connectivity index (χ4n) is 0.730. The van der Waals surface area contributed by atoms with Crippen molar-refractivity contribution in [3.05, 3.63) is 24.4 Å². The molecule has 56 valence electrons. The van der Waals surface area contributed by atoms with Crippen LogP contribution in [0.15, 0.2) is 29.4 Å². The Bertz CT molecular complexity index is 152. The fourth-order valence-corrected chi connectivity index (χ4v) is 0.730. The summed E-state index contributed by atoms with van der Waals surface area (Å²) in [5, 5.41) is 0.